The Morgan fingerprint density at radius 2 is 1.83 bits per heavy atom. The van der Waals surface area contributed by atoms with Gasteiger partial charge in [0.05, 0.1) is 24.7 Å². The van der Waals surface area contributed by atoms with E-state index in [2.05, 4.69) is 10.6 Å². The minimum atomic E-state index is -0.628. The van der Waals surface area contributed by atoms with E-state index in [1.54, 1.807) is 12.1 Å². The quantitative estimate of drug-likeness (QED) is 0.710. The number of hydrogen-bond donors (Lipinski definition) is 2. The van der Waals surface area contributed by atoms with Gasteiger partial charge < -0.3 is 20.1 Å². The van der Waals surface area contributed by atoms with Gasteiger partial charge in [-0.15, -0.1) is 0 Å². The molecule has 1 aliphatic carbocycles. The van der Waals surface area contributed by atoms with Crippen molar-refractivity contribution >= 4 is 23.4 Å². The summed E-state index contributed by atoms with van der Waals surface area (Å²) in [5.41, 5.74) is 1.70. The Kier molecular flexibility index (Phi) is 6.43. The zero-order valence-corrected chi connectivity index (χ0v) is 17.4. The zero-order chi connectivity index (χ0) is 20.9. The standard InChI is InChI=1S/C23H25ClN2O4/c24-18-11-16(13-20-22(18)30-10-4-9-29-20)14-21(27)26-19(23(28)25-17-7-8-17)12-15-5-2-1-3-6-15/h1-3,5-6,11,13,17,19H,4,7-10,12,14H2,(H,25,28)(H,26,27). The van der Waals surface area contributed by atoms with E-state index < -0.39 is 6.04 Å². The second kappa shape index (κ2) is 9.39. The smallest absolute Gasteiger partial charge is 0.243 e. The van der Waals surface area contributed by atoms with Crippen LogP contribution in [0.25, 0.3) is 0 Å². The molecular formula is C23H25ClN2O4. The summed E-state index contributed by atoms with van der Waals surface area (Å²) in [6.45, 7) is 1.09. The Morgan fingerprint density at radius 3 is 2.60 bits per heavy atom. The molecule has 1 saturated carbocycles. The van der Waals surface area contributed by atoms with E-state index >= 15 is 0 Å². The molecule has 6 nitrogen and oxygen atoms in total. The topological polar surface area (TPSA) is 76.7 Å². The largest absolute Gasteiger partial charge is 0.489 e. The van der Waals surface area contributed by atoms with Crippen molar-refractivity contribution < 1.29 is 19.1 Å². The van der Waals surface area contributed by atoms with Gasteiger partial charge in [0, 0.05) is 18.9 Å². The number of carbonyl (C=O) groups is 2. The highest BCUT2D eigenvalue weighted by atomic mass is 35.5. The van der Waals surface area contributed by atoms with Crippen LogP contribution in [0.15, 0.2) is 42.5 Å². The first-order valence-corrected chi connectivity index (χ1v) is 10.7. The Bertz CT molecular complexity index is 915. The normalized spacial score (nSPS) is 16.3. The molecule has 7 heteroatoms. The molecule has 2 aromatic carbocycles. The number of rotatable bonds is 7. The monoisotopic (exact) mass is 428 g/mol. The highest BCUT2D eigenvalue weighted by Gasteiger charge is 2.28. The number of ether oxygens (including phenoxy) is 2. The lowest BCUT2D eigenvalue weighted by Gasteiger charge is -2.19. The molecule has 0 saturated heterocycles. The predicted octanol–water partition coefficient (Wildman–Crippen LogP) is 3.05. The van der Waals surface area contributed by atoms with Gasteiger partial charge in [0.25, 0.3) is 0 Å². The lowest BCUT2D eigenvalue weighted by molar-refractivity contribution is -0.128. The fraction of sp³-hybridized carbons (Fsp3) is 0.391. The van der Waals surface area contributed by atoms with Gasteiger partial charge >= 0.3 is 0 Å². The van der Waals surface area contributed by atoms with Crippen molar-refractivity contribution in [1.82, 2.24) is 10.6 Å². The van der Waals surface area contributed by atoms with E-state index in [9.17, 15) is 9.59 Å². The van der Waals surface area contributed by atoms with Crippen LogP contribution in [0, 0.1) is 0 Å². The van der Waals surface area contributed by atoms with Crippen LogP contribution >= 0.6 is 11.6 Å². The van der Waals surface area contributed by atoms with Gasteiger partial charge in [0.2, 0.25) is 11.8 Å². The molecule has 2 amide bonds. The number of hydrogen-bond acceptors (Lipinski definition) is 4. The first-order chi connectivity index (χ1) is 14.6. The number of benzene rings is 2. The average molecular weight is 429 g/mol. The molecule has 0 spiro atoms. The molecule has 1 aliphatic heterocycles. The van der Waals surface area contributed by atoms with Crippen LogP contribution in [0.3, 0.4) is 0 Å². The van der Waals surface area contributed by atoms with Gasteiger partial charge in [0.15, 0.2) is 11.5 Å². The van der Waals surface area contributed by atoms with Gasteiger partial charge in [-0.25, -0.2) is 0 Å². The lowest BCUT2D eigenvalue weighted by atomic mass is 10.0. The summed E-state index contributed by atoms with van der Waals surface area (Å²) < 4.78 is 11.3. The first-order valence-electron chi connectivity index (χ1n) is 10.3. The third-order valence-electron chi connectivity index (χ3n) is 5.08. The van der Waals surface area contributed by atoms with Crippen molar-refractivity contribution in [3.8, 4) is 11.5 Å². The highest BCUT2D eigenvalue weighted by molar-refractivity contribution is 6.32. The van der Waals surface area contributed by atoms with E-state index in [0.29, 0.717) is 41.7 Å². The molecule has 1 fully saturated rings. The Labute approximate surface area is 180 Å². The molecule has 2 aromatic rings. The second-order valence-electron chi connectivity index (χ2n) is 7.72. The number of nitrogens with one attached hydrogen (secondary N) is 2. The van der Waals surface area contributed by atoms with E-state index in [0.717, 1.165) is 24.8 Å². The van der Waals surface area contributed by atoms with Gasteiger partial charge in [-0.05, 0) is 36.1 Å². The summed E-state index contributed by atoms with van der Waals surface area (Å²) in [4.78, 5) is 25.4. The summed E-state index contributed by atoms with van der Waals surface area (Å²) >= 11 is 6.33. The maximum absolute atomic E-state index is 12.8. The van der Waals surface area contributed by atoms with Crippen molar-refractivity contribution in [2.24, 2.45) is 0 Å². The predicted molar refractivity (Wildman–Crippen MR) is 114 cm³/mol. The number of carbonyl (C=O) groups excluding carboxylic acids is 2. The molecule has 2 N–H and O–H groups in total. The molecule has 0 aromatic heterocycles. The Hall–Kier alpha value is -2.73. The van der Waals surface area contributed by atoms with Gasteiger partial charge in [-0.3, -0.25) is 9.59 Å². The first kappa shape index (κ1) is 20.5. The molecular weight excluding hydrogens is 404 g/mol. The van der Waals surface area contributed by atoms with Crippen molar-refractivity contribution in [3.05, 3.63) is 58.6 Å². The SMILES string of the molecule is O=C(Cc1cc(Cl)c2c(c1)OCCCO2)NC(Cc1ccccc1)C(=O)NC1CC1. The summed E-state index contributed by atoms with van der Waals surface area (Å²) in [5.74, 6) is 0.679. The number of amides is 2. The van der Waals surface area contributed by atoms with Crippen molar-refractivity contribution in [2.45, 2.75) is 44.2 Å². The van der Waals surface area contributed by atoms with Crippen LogP contribution in [0.5, 0.6) is 11.5 Å². The molecule has 1 heterocycles. The fourth-order valence-electron chi connectivity index (χ4n) is 3.41. The second-order valence-corrected chi connectivity index (χ2v) is 8.13. The van der Waals surface area contributed by atoms with Gasteiger partial charge in [-0.1, -0.05) is 41.9 Å². The van der Waals surface area contributed by atoms with Crippen LogP contribution in [0.2, 0.25) is 5.02 Å². The third kappa shape index (κ3) is 5.45. The van der Waals surface area contributed by atoms with E-state index in [1.807, 2.05) is 30.3 Å². The average Bonchev–Trinajstić information content (AvgIpc) is 3.55. The maximum atomic E-state index is 12.8. The highest BCUT2D eigenvalue weighted by Crippen LogP contribution is 2.38. The summed E-state index contributed by atoms with van der Waals surface area (Å²) in [6, 6.07) is 12.8. The Balaban J connectivity index is 1.44. The summed E-state index contributed by atoms with van der Waals surface area (Å²) in [5, 5.41) is 6.30. The van der Waals surface area contributed by atoms with Crippen LogP contribution in [-0.4, -0.2) is 37.1 Å². The van der Waals surface area contributed by atoms with Crippen LogP contribution in [0.1, 0.15) is 30.4 Å². The molecule has 2 aliphatic rings. The minimum Gasteiger partial charge on any atom is -0.489 e. The molecule has 0 bridgehead atoms. The van der Waals surface area contributed by atoms with Crippen LogP contribution in [0.4, 0.5) is 0 Å². The number of halogens is 1. The molecule has 4 rings (SSSR count). The van der Waals surface area contributed by atoms with Gasteiger partial charge in [0.1, 0.15) is 6.04 Å². The van der Waals surface area contributed by atoms with Crippen LogP contribution in [-0.2, 0) is 22.4 Å². The van der Waals surface area contributed by atoms with E-state index in [1.165, 1.54) is 0 Å². The maximum Gasteiger partial charge on any atom is 0.243 e. The van der Waals surface area contributed by atoms with Crippen molar-refractivity contribution in [1.29, 1.82) is 0 Å². The van der Waals surface area contributed by atoms with Crippen molar-refractivity contribution in [3.63, 3.8) is 0 Å². The van der Waals surface area contributed by atoms with Crippen molar-refractivity contribution in [2.75, 3.05) is 13.2 Å². The zero-order valence-electron chi connectivity index (χ0n) is 16.7. The fourth-order valence-corrected chi connectivity index (χ4v) is 3.69. The summed E-state index contributed by atoms with van der Waals surface area (Å²) in [6.07, 6.45) is 3.30. The molecule has 1 unspecified atom stereocenters. The Morgan fingerprint density at radius 1 is 1.07 bits per heavy atom. The molecule has 0 radical (unpaired) electrons. The third-order valence-corrected chi connectivity index (χ3v) is 5.37. The van der Waals surface area contributed by atoms with Gasteiger partial charge in [-0.2, -0.15) is 0 Å². The van der Waals surface area contributed by atoms with E-state index in [4.69, 9.17) is 21.1 Å². The lowest BCUT2D eigenvalue weighted by Crippen LogP contribution is -2.49. The van der Waals surface area contributed by atoms with E-state index in [-0.39, 0.29) is 24.3 Å². The van der Waals surface area contributed by atoms with Crippen LogP contribution < -0.4 is 20.1 Å². The molecule has 30 heavy (non-hydrogen) atoms. The summed E-state index contributed by atoms with van der Waals surface area (Å²) in [7, 11) is 0. The molecule has 158 valence electrons. The minimum absolute atomic E-state index is 0.0956. The number of fused-ring (bicyclic) bond motifs is 1. The molecule has 1 atom stereocenters.